The third-order valence-corrected chi connectivity index (χ3v) is 4.72. The van der Waals surface area contributed by atoms with Crippen LogP contribution in [0.1, 0.15) is 56.1 Å². The van der Waals surface area contributed by atoms with Gasteiger partial charge in [-0.25, -0.2) is 0 Å². The normalized spacial score (nSPS) is 10.1. The van der Waals surface area contributed by atoms with Crippen molar-refractivity contribution in [3.05, 3.63) is 59.7 Å². The summed E-state index contributed by atoms with van der Waals surface area (Å²) in [5, 5.41) is 17.2. The Labute approximate surface area is 174 Å². The smallest absolute Gasteiger partial charge is 0.119 e. The highest BCUT2D eigenvalue weighted by Gasteiger charge is 1.98. The first-order chi connectivity index (χ1) is 14.3. The van der Waals surface area contributed by atoms with E-state index in [1.165, 1.54) is 17.5 Å². The summed E-state index contributed by atoms with van der Waals surface area (Å²) in [5.74, 6) is 1.80. The van der Waals surface area contributed by atoms with E-state index in [1.54, 1.807) is 0 Å². The van der Waals surface area contributed by atoms with Crippen LogP contribution in [0.5, 0.6) is 11.5 Å². The van der Waals surface area contributed by atoms with Crippen LogP contribution in [0.3, 0.4) is 0 Å². The number of aryl methyl sites for hydroxylation is 2. The van der Waals surface area contributed by atoms with Gasteiger partial charge in [0.15, 0.2) is 0 Å². The number of rotatable bonds is 14. The Morgan fingerprint density at radius 2 is 0.931 bits per heavy atom. The lowest BCUT2D eigenvalue weighted by atomic mass is 10.1. The van der Waals surface area contributed by atoms with Gasteiger partial charge in [0, 0.05) is 12.8 Å². The average Bonchev–Trinajstić information content (AvgIpc) is 2.76. The van der Waals surface area contributed by atoms with Gasteiger partial charge in [-0.2, -0.15) is 10.5 Å². The molecule has 0 radical (unpaired) electrons. The standard InChI is InChI=1S/C25H30N2O2/c26-18-6-8-22-10-14-24(15-11-22)28-20-4-2-1-3-5-21-29-25-16-12-23(13-17-25)9-7-19-27/h10-17H,1-9,20-21H2. The second kappa shape index (κ2) is 14.1. The fourth-order valence-electron chi connectivity index (χ4n) is 3.02. The summed E-state index contributed by atoms with van der Waals surface area (Å²) in [5.41, 5.74) is 2.35. The topological polar surface area (TPSA) is 66.0 Å². The molecular formula is C25H30N2O2. The minimum Gasteiger partial charge on any atom is -0.494 e. The van der Waals surface area contributed by atoms with Gasteiger partial charge in [0.05, 0.1) is 25.4 Å². The van der Waals surface area contributed by atoms with Gasteiger partial charge in [0.25, 0.3) is 0 Å². The number of benzene rings is 2. The van der Waals surface area contributed by atoms with E-state index >= 15 is 0 Å². The lowest BCUT2D eigenvalue weighted by Crippen LogP contribution is -1.99. The van der Waals surface area contributed by atoms with E-state index in [1.807, 2.05) is 48.5 Å². The monoisotopic (exact) mass is 390 g/mol. The minimum absolute atomic E-state index is 0.556. The van der Waals surface area contributed by atoms with E-state index in [0.29, 0.717) is 12.8 Å². The Bertz CT molecular complexity index is 703. The van der Waals surface area contributed by atoms with Crippen molar-refractivity contribution >= 4 is 0 Å². The minimum atomic E-state index is 0.556. The van der Waals surface area contributed by atoms with Gasteiger partial charge < -0.3 is 9.47 Å². The maximum absolute atomic E-state index is 8.61. The van der Waals surface area contributed by atoms with Crippen LogP contribution in [0.4, 0.5) is 0 Å². The highest BCUT2D eigenvalue weighted by atomic mass is 16.5. The van der Waals surface area contributed by atoms with Crippen molar-refractivity contribution in [3.63, 3.8) is 0 Å². The Morgan fingerprint density at radius 3 is 1.31 bits per heavy atom. The molecule has 0 atom stereocenters. The highest BCUT2D eigenvalue weighted by molar-refractivity contribution is 5.28. The molecule has 2 aromatic carbocycles. The predicted octanol–water partition coefficient (Wildman–Crippen LogP) is 6.01. The fraction of sp³-hybridized carbons (Fsp3) is 0.440. The van der Waals surface area contributed by atoms with Crippen LogP contribution in [-0.2, 0) is 12.8 Å². The summed E-state index contributed by atoms with van der Waals surface area (Å²) in [4.78, 5) is 0. The van der Waals surface area contributed by atoms with Crippen molar-refractivity contribution in [1.29, 1.82) is 10.5 Å². The lowest BCUT2D eigenvalue weighted by molar-refractivity contribution is 0.293. The van der Waals surface area contributed by atoms with Gasteiger partial charge >= 0.3 is 0 Å². The van der Waals surface area contributed by atoms with Gasteiger partial charge in [-0.1, -0.05) is 43.5 Å². The van der Waals surface area contributed by atoms with Crippen LogP contribution in [0.15, 0.2) is 48.5 Å². The van der Waals surface area contributed by atoms with Crippen LogP contribution in [0.2, 0.25) is 0 Å². The summed E-state index contributed by atoms with van der Waals surface area (Å²) in [6.45, 7) is 1.48. The molecule has 0 aliphatic heterocycles. The fourth-order valence-corrected chi connectivity index (χ4v) is 3.02. The molecule has 0 saturated heterocycles. The molecule has 0 aromatic heterocycles. The first-order valence-corrected chi connectivity index (χ1v) is 10.5. The maximum Gasteiger partial charge on any atom is 0.119 e. The maximum atomic E-state index is 8.61. The molecule has 29 heavy (non-hydrogen) atoms. The van der Waals surface area contributed by atoms with Crippen LogP contribution in [-0.4, -0.2) is 13.2 Å². The summed E-state index contributed by atoms with van der Waals surface area (Å²) < 4.78 is 11.6. The molecule has 0 amide bonds. The van der Waals surface area contributed by atoms with Gasteiger partial charge in [0.1, 0.15) is 11.5 Å². The third kappa shape index (κ3) is 9.67. The second-order valence-electron chi connectivity index (χ2n) is 7.07. The van der Waals surface area contributed by atoms with Crippen LogP contribution in [0, 0.1) is 22.7 Å². The molecule has 0 heterocycles. The van der Waals surface area contributed by atoms with Crippen molar-refractivity contribution in [2.75, 3.05) is 13.2 Å². The summed E-state index contributed by atoms with van der Waals surface area (Å²) in [6, 6.07) is 20.4. The van der Waals surface area contributed by atoms with Gasteiger partial charge in [-0.15, -0.1) is 0 Å². The Hall–Kier alpha value is -2.98. The summed E-state index contributed by atoms with van der Waals surface area (Å²) in [6.07, 6.45) is 8.33. The lowest BCUT2D eigenvalue weighted by Gasteiger charge is -2.08. The van der Waals surface area contributed by atoms with Crippen LogP contribution >= 0.6 is 0 Å². The van der Waals surface area contributed by atoms with E-state index in [9.17, 15) is 0 Å². The van der Waals surface area contributed by atoms with Crippen LogP contribution < -0.4 is 9.47 Å². The zero-order valence-electron chi connectivity index (χ0n) is 17.1. The van der Waals surface area contributed by atoms with E-state index < -0.39 is 0 Å². The molecule has 0 aliphatic rings. The largest absolute Gasteiger partial charge is 0.494 e. The first-order valence-electron chi connectivity index (χ1n) is 10.5. The molecule has 0 saturated carbocycles. The molecule has 2 aromatic rings. The Kier molecular flexibility index (Phi) is 10.8. The molecule has 0 unspecified atom stereocenters. The number of hydrogen-bond acceptors (Lipinski definition) is 4. The first kappa shape index (κ1) is 22.3. The second-order valence-corrected chi connectivity index (χ2v) is 7.07. The molecule has 4 heteroatoms. The SMILES string of the molecule is N#CCCc1ccc(OCCCCCCCOc2ccc(CCC#N)cc2)cc1. The molecule has 152 valence electrons. The molecule has 0 fully saturated rings. The highest BCUT2D eigenvalue weighted by Crippen LogP contribution is 2.15. The van der Waals surface area contributed by atoms with Gasteiger partial charge in [-0.05, 0) is 61.1 Å². The molecule has 0 bridgehead atoms. The number of nitrogens with zero attached hydrogens (tertiary/aromatic N) is 2. The quantitative estimate of drug-likeness (QED) is 0.371. The zero-order valence-corrected chi connectivity index (χ0v) is 17.1. The molecule has 4 nitrogen and oxygen atoms in total. The van der Waals surface area contributed by atoms with Crippen molar-refractivity contribution in [2.45, 2.75) is 57.8 Å². The van der Waals surface area contributed by atoms with Gasteiger partial charge in [-0.3, -0.25) is 0 Å². The molecule has 0 N–H and O–H groups in total. The van der Waals surface area contributed by atoms with E-state index in [-0.39, 0.29) is 0 Å². The number of nitriles is 2. The van der Waals surface area contributed by atoms with Crippen molar-refractivity contribution in [1.82, 2.24) is 0 Å². The number of hydrogen-bond donors (Lipinski definition) is 0. The van der Waals surface area contributed by atoms with E-state index in [2.05, 4.69) is 12.1 Å². The number of unbranched alkanes of at least 4 members (excludes halogenated alkanes) is 4. The molecular weight excluding hydrogens is 360 g/mol. The van der Waals surface area contributed by atoms with Crippen molar-refractivity contribution < 1.29 is 9.47 Å². The van der Waals surface area contributed by atoms with Crippen LogP contribution in [0.25, 0.3) is 0 Å². The van der Waals surface area contributed by atoms with E-state index in [0.717, 1.165) is 63.2 Å². The zero-order chi connectivity index (χ0) is 20.6. The van der Waals surface area contributed by atoms with Crippen molar-refractivity contribution in [2.24, 2.45) is 0 Å². The van der Waals surface area contributed by atoms with E-state index in [4.69, 9.17) is 20.0 Å². The Morgan fingerprint density at radius 1 is 0.552 bits per heavy atom. The Balaban J connectivity index is 1.46. The average molecular weight is 391 g/mol. The molecule has 0 aliphatic carbocycles. The molecule has 2 rings (SSSR count). The third-order valence-electron chi connectivity index (χ3n) is 4.72. The van der Waals surface area contributed by atoms with Gasteiger partial charge in [0.2, 0.25) is 0 Å². The summed E-state index contributed by atoms with van der Waals surface area (Å²) in [7, 11) is 0. The number of ether oxygens (including phenoxy) is 2. The van der Waals surface area contributed by atoms with Crippen molar-refractivity contribution in [3.8, 4) is 23.6 Å². The predicted molar refractivity (Wildman–Crippen MR) is 115 cm³/mol. The summed E-state index contributed by atoms with van der Waals surface area (Å²) >= 11 is 0. The molecule has 0 spiro atoms.